The van der Waals surface area contributed by atoms with Crippen molar-refractivity contribution in [3.05, 3.63) is 49.6 Å². The summed E-state index contributed by atoms with van der Waals surface area (Å²) >= 11 is 10.2. The number of Topliss-reactive ketones (excluding diaryl/α,β-unsaturated/α-hetero) is 1. The van der Waals surface area contributed by atoms with Gasteiger partial charge in [0, 0.05) is 15.7 Å². The zero-order valence-electron chi connectivity index (χ0n) is 10.5. The van der Waals surface area contributed by atoms with E-state index in [1.165, 1.54) is 0 Å². The molecule has 0 unspecified atom stereocenters. The number of hydrogen-bond donors (Lipinski definition) is 2. The largest absolute Gasteiger partial charge is 0.375 e. The highest BCUT2D eigenvalue weighted by atomic mass is 79.9. The van der Waals surface area contributed by atoms with Crippen LogP contribution in [0.4, 0.5) is 5.69 Å². The van der Waals surface area contributed by atoms with Crippen molar-refractivity contribution in [1.29, 1.82) is 0 Å². The van der Waals surface area contributed by atoms with Crippen LogP contribution in [0, 0.1) is 0 Å². The van der Waals surface area contributed by atoms with E-state index in [1.807, 2.05) is 0 Å². The Kier molecular flexibility index (Phi) is 3.65. The van der Waals surface area contributed by atoms with Crippen LogP contribution in [0.15, 0.2) is 34.8 Å². The average molecular weight is 387 g/mol. The van der Waals surface area contributed by atoms with E-state index in [1.54, 1.807) is 30.3 Å². The molecule has 1 aliphatic heterocycles. The Morgan fingerprint density at radius 1 is 1.38 bits per heavy atom. The lowest BCUT2D eigenvalue weighted by Crippen LogP contribution is -2.36. The smallest absolute Gasteiger partial charge is 0.261 e. The molecule has 1 amide bonds. The van der Waals surface area contributed by atoms with Gasteiger partial charge >= 0.3 is 0 Å². The number of thiophene rings is 1. The second-order valence-electron chi connectivity index (χ2n) is 4.71. The standard InChI is InChI=1S/C14H9BrClNO3S/c15-7-1-2-9-8(5-7)14(20,13(19)17-9)6-10(18)11-3-4-12(16)21-11/h1-5,20H,6H2,(H,17,19)/t14-/m0/s1. The number of hydrogen-bond acceptors (Lipinski definition) is 4. The summed E-state index contributed by atoms with van der Waals surface area (Å²) in [7, 11) is 0. The Morgan fingerprint density at radius 2 is 2.14 bits per heavy atom. The fourth-order valence-corrected chi connectivity index (χ4v) is 3.62. The first-order valence-corrected chi connectivity index (χ1v) is 8.01. The van der Waals surface area contributed by atoms with Crippen LogP contribution >= 0.6 is 38.9 Å². The van der Waals surface area contributed by atoms with Gasteiger partial charge in [-0.05, 0) is 30.3 Å². The van der Waals surface area contributed by atoms with Crippen LogP contribution < -0.4 is 5.32 Å². The fraction of sp³-hybridized carbons (Fsp3) is 0.143. The van der Waals surface area contributed by atoms with Crippen LogP contribution in [-0.4, -0.2) is 16.8 Å². The molecule has 0 saturated heterocycles. The molecule has 1 aromatic carbocycles. The minimum absolute atomic E-state index is 0.320. The zero-order valence-corrected chi connectivity index (χ0v) is 13.7. The summed E-state index contributed by atoms with van der Waals surface area (Å²) in [6, 6.07) is 8.28. The Morgan fingerprint density at radius 3 is 2.81 bits per heavy atom. The van der Waals surface area contributed by atoms with Crippen molar-refractivity contribution in [2.24, 2.45) is 0 Å². The van der Waals surface area contributed by atoms with Gasteiger partial charge in [-0.25, -0.2) is 0 Å². The maximum absolute atomic E-state index is 12.3. The molecule has 108 valence electrons. The Balaban J connectivity index is 1.96. The number of amides is 1. The molecule has 2 aromatic rings. The van der Waals surface area contributed by atoms with Crippen molar-refractivity contribution in [2.75, 3.05) is 5.32 Å². The van der Waals surface area contributed by atoms with E-state index in [-0.39, 0.29) is 12.2 Å². The molecule has 1 aliphatic rings. The Bertz CT molecular complexity index is 760. The summed E-state index contributed by atoms with van der Waals surface area (Å²) in [4.78, 5) is 24.8. The zero-order chi connectivity index (χ0) is 15.2. The molecule has 0 saturated carbocycles. The van der Waals surface area contributed by atoms with E-state index in [0.717, 1.165) is 15.8 Å². The number of carbonyl (C=O) groups is 2. The molecule has 7 heteroatoms. The fourth-order valence-electron chi connectivity index (χ4n) is 2.27. The van der Waals surface area contributed by atoms with Gasteiger partial charge in [-0.3, -0.25) is 9.59 Å². The van der Waals surface area contributed by atoms with Gasteiger partial charge in [-0.1, -0.05) is 27.5 Å². The molecule has 2 N–H and O–H groups in total. The van der Waals surface area contributed by atoms with Gasteiger partial charge in [0.25, 0.3) is 5.91 Å². The summed E-state index contributed by atoms with van der Waals surface area (Å²) in [5, 5.41) is 13.3. The second kappa shape index (κ2) is 5.21. The SMILES string of the molecule is O=C(C[C@@]1(O)C(=O)Nc2ccc(Br)cc21)c1ccc(Cl)s1. The molecule has 3 rings (SSSR count). The molecule has 0 aliphatic carbocycles. The molecular formula is C14H9BrClNO3S. The van der Waals surface area contributed by atoms with E-state index >= 15 is 0 Å². The summed E-state index contributed by atoms with van der Waals surface area (Å²) in [6.07, 6.45) is -0.320. The van der Waals surface area contributed by atoms with E-state index in [2.05, 4.69) is 21.2 Å². The maximum Gasteiger partial charge on any atom is 0.261 e. The first kappa shape index (κ1) is 14.7. The molecule has 1 aromatic heterocycles. The molecular weight excluding hydrogens is 378 g/mol. The van der Waals surface area contributed by atoms with Crippen molar-refractivity contribution < 1.29 is 14.7 Å². The third-order valence-corrected chi connectivity index (χ3v) is 5.08. The van der Waals surface area contributed by atoms with E-state index in [0.29, 0.717) is 20.5 Å². The summed E-state index contributed by atoms with van der Waals surface area (Å²) in [6.45, 7) is 0. The maximum atomic E-state index is 12.3. The minimum Gasteiger partial charge on any atom is -0.375 e. The van der Waals surface area contributed by atoms with Gasteiger partial charge in [0.05, 0.1) is 15.6 Å². The normalized spacial score (nSPS) is 20.2. The summed E-state index contributed by atoms with van der Waals surface area (Å²) in [5.74, 6) is -0.913. The number of aliphatic hydroxyl groups is 1. The Hall–Kier alpha value is -1.21. The van der Waals surface area contributed by atoms with Gasteiger partial charge in [0.15, 0.2) is 11.4 Å². The van der Waals surface area contributed by atoms with Crippen molar-refractivity contribution in [2.45, 2.75) is 12.0 Å². The third kappa shape index (κ3) is 2.53. The first-order valence-electron chi connectivity index (χ1n) is 6.02. The molecule has 1 atom stereocenters. The van der Waals surface area contributed by atoms with Crippen LogP contribution in [-0.2, 0) is 10.4 Å². The van der Waals surface area contributed by atoms with Gasteiger partial charge in [0.1, 0.15) is 0 Å². The lowest BCUT2D eigenvalue weighted by Gasteiger charge is -2.19. The van der Waals surface area contributed by atoms with Crippen LogP contribution in [0.2, 0.25) is 4.34 Å². The van der Waals surface area contributed by atoms with Crippen molar-refractivity contribution in [1.82, 2.24) is 0 Å². The molecule has 0 spiro atoms. The quantitative estimate of drug-likeness (QED) is 0.793. The van der Waals surface area contributed by atoms with Gasteiger partial charge < -0.3 is 10.4 Å². The van der Waals surface area contributed by atoms with Gasteiger partial charge in [-0.2, -0.15) is 0 Å². The summed E-state index contributed by atoms with van der Waals surface area (Å²) < 4.78 is 1.21. The average Bonchev–Trinajstić information content (AvgIpc) is 2.95. The first-order chi connectivity index (χ1) is 9.90. The number of fused-ring (bicyclic) bond motifs is 1. The van der Waals surface area contributed by atoms with Crippen LogP contribution in [0.1, 0.15) is 21.7 Å². The lowest BCUT2D eigenvalue weighted by atomic mass is 9.89. The summed E-state index contributed by atoms with van der Waals surface area (Å²) in [5.41, 5.74) is -0.937. The molecule has 0 radical (unpaired) electrons. The van der Waals surface area contributed by atoms with Crippen molar-refractivity contribution >= 4 is 56.2 Å². The Labute approximate surface area is 137 Å². The highest BCUT2D eigenvalue weighted by molar-refractivity contribution is 9.10. The number of rotatable bonds is 3. The number of anilines is 1. The van der Waals surface area contributed by atoms with E-state index in [4.69, 9.17) is 11.6 Å². The topological polar surface area (TPSA) is 66.4 Å². The second-order valence-corrected chi connectivity index (χ2v) is 7.34. The van der Waals surface area contributed by atoms with Crippen LogP contribution in [0.25, 0.3) is 0 Å². The lowest BCUT2D eigenvalue weighted by molar-refractivity contribution is -0.133. The molecule has 0 fully saturated rings. The number of benzene rings is 1. The highest BCUT2D eigenvalue weighted by Gasteiger charge is 2.47. The number of nitrogens with one attached hydrogen (secondary N) is 1. The predicted molar refractivity (Wildman–Crippen MR) is 84.9 cm³/mol. The number of halogens is 2. The van der Waals surface area contributed by atoms with Gasteiger partial charge in [-0.15, -0.1) is 11.3 Å². The molecule has 4 nitrogen and oxygen atoms in total. The molecule has 21 heavy (non-hydrogen) atoms. The molecule has 0 bridgehead atoms. The predicted octanol–water partition coefficient (Wildman–Crippen LogP) is 3.58. The van der Waals surface area contributed by atoms with Crippen molar-refractivity contribution in [3.63, 3.8) is 0 Å². The number of ketones is 1. The molecule has 2 heterocycles. The number of carbonyl (C=O) groups excluding carboxylic acids is 2. The monoisotopic (exact) mass is 385 g/mol. The highest BCUT2D eigenvalue weighted by Crippen LogP contribution is 2.40. The minimum atomic E-state index is -1.85. The van der Waals surface area contributed by atoms with Crippen LogP contribution in [0.5, 0.6) is 0 Å². The van der Waals surface area contributed by atoms with Crippen molar-refractivity contribution in [3.8, 4) is 0 Å². The van der Waals surface area contributed by atoms with Crippen LogP contribution in [0.3, 0.4) is 0 Å². The van der Waals surface area contributed by atoms with Gasteiger partial charge in [0.2, 0.25) is 0 Å². The van der Waals surface area contributed by atoms with E-state index < -0.39 is 11.5 Å². The van der Waals surface area contributed by atoms with E-state index in [9.17, 15) is 14.7 Å². The third-order valence-electron chi connectivity index (χ3n) is 3.32.